The minimum Gasteiger partial charge on any atom is -0.469 e. The number of methoxy groups -OCH3 is 1. The van der Waals surface area contributed by atoms with E-state index < -0.39 is 0 Å². The Kier molecular flexibility index (Phi) is 4.72. The van der Waals surface area contributed by atoms with Crippen LogP contribution in [0.4, 0.5) is 0 Å². The summed E-state index contributed by atoms with van der Waals surface area (Å²) in [4.78, 5) is 23.3. The van der Waals surface area contributed by atoms with Crippen LogP contribution < -0.4 is 0 Å². The topological polar surface area (TPSA) is 43.4 Å². The number of rotatable bonds is 3. The van der Waals surface area contributed by atoms with Crippen LogP contribution in [0.25, 0.3) is 6.08 Å². The lowest BCUT2D eigenvalue weighted by atomic mass is 9.91. The summed E-state index contributed by atoms with van der Waals surface area (Å²) in [6, 6.07) is 7.73. The number of Topliss-reactive ketones (excluding diaryl/α,β-unsaturated/α-hetero) is 1. The summed E-state index contributed by atoms with van der Waals surface area (Å²) >= 11 is 0. The van der Waals surface area contributed by atoms with Gasteiger partial charge in [0.2, 0.25) is 0 Å². The molecule has 1 fully saturated rings. The Bertz CT molecular complexity index is 526. The van der Waals surface area contributed by atoms with E-state index >= 15 is 0 Å². The lowest BCUT2D eigenvalue weighted by molar-refractivity contribution is -0.142. The molecule has 1 saturated carbocycles. The van der Waals surface area contributed by atoms with Gasteiger partial charge in [0.15, 0.2) is 5.78 Å². The van der Waals surface area contributed by atoms with E-state index in [-0.39, 0.29) is 17.7 Å². The summed E-state index contributed by atoms with van der Waals surface area (Å²) in [5.41, 5.74) is 2.86. The van der Waals surface area contributed by atoms with Gasteiger partial charge in [-0.1, -0.05) is 24.3 Å². The second-order valence-electron chi connectivity index (χ2n) is 5.21. The van der Waals surface area contributed by atoms with Crippen molar-refractivity contribution >= 4 is 17.8 Å². The predicted octanol–water partition coefficient (Wildman–Crippen LogP) is 3.49. The molecule has 0 heterocycles. The van der Waals surface area contributed by atoms with E-state index in [0.717, 1.165) is 36.0 Å². The van der Waals surface area contributed by atoms with Crippen LogP contribution in [-0.2, 0) is 14.3 Å². The van der Waals surface area contributed by atoms with Gasteiger partial charge in [0.1, 0.15) is 0 Å². The minimum absolute atomic E-state index is 0.237. The van der Waals surface area contributed by atoms with Gasteiger partial charge in [-0.15, -0.1) is 0 Å². The van der Waals surface area contributed by atoms with Crippen molar-refractivity contribution in [1.82, 2.24) is 0 Å². The fourth-order valence-corrected chi connectivity index (χ4v) is 2.45. The number of carbonyl (C=O) groups excluding carboxylic acids is 2. The molecule has 1 aliphatic carbocycles. The molecule has 20 heavy (non-hydrogen) atoms. The minimum atomic E-state index is -0.266. The molecule has 1 aliphatic rings. The van der Waals surface area contributed by atoms with Crippen LogP contribution in [0.15, 0.2) is 29.8 Å². The molecular formula is C17H20O3. The maximum atomic E-state index is 11.8. The summed E-state index contributed by atoms with van der Waals surface area (Å²) in [5, 5.41) is 0. The third-order valence-corrected chi connectivity index (χ3v) is 3.79. The first-order valence-corrected chi connectivity index (χ1v) is 7.03. The zero-order valence-corrected chi connectivity index (χ0v) is 12.0. The molecule has 0 radical (unpaired) electrons. The maximum absolute atomic E-state index is 11.8. The average Bonchev–Trinajstić information content (AvgIpc) is 2.49. The Morgan fingerprint density at radius 1 is 1.20 bits per heavy atom. The van der Waals surface area contributed by atoms with E-state index in [1.54, 1.807) is 0 Å². The molecule has 1 unspecified atom stereocenters. The number of carbonyl (C=O) groups is 2. The average molecular weight is 272 g/mol. The van der Waals surface area contributed by atoms with E-state index in [1.807, 2.05) is 37.3 Å². The van der Waals surface area contributed by atoms with Gasteiger partial charge in [0.05, 0.1) is 13.0 Å². The number of hydrogen-bond donors (Lipinski definition) is 0. The van der Waals surface area contributed by atoms with Crippen molar-refractivity contribution < 1.29 is 14.3 Å². The van der Waals surface area contributed by atoms with Gasteiger partial charge < -0.3 is 4.74 Å². The van der Waals surface area contributed by atoms with Crippen LogP contribution in [0.1, 0.15) is 49.7 Å². The number of benzene rings is 1. The molecule has 106 valence electrons. The second-order valence-corrected chi connectivity index (χ2v) is 5.21. The molecular weight excluding hydrogens is 252 g/mol. The molecule has 1 atom stereocenters. The molecule has 0 amide bonds. The van der Waals surface area contributed by atoms with Gasteiger partial charge in [0, 0.05) is 6.42 Å². The van der Waals surface area contributed by atoms with E-state index in [4.69, 9.17) is 4.74 Å². The number of hydrogen-bond acceptors (Lipinski definition) is 3. The third kappa shape index (κ3) is 3.35. The van der Waals surface area contributed by atoms with Crippen LogP contribution >= 0.6 is 0 Å². The van der Waals surface area contributed by atoms with Crippen molar-refractivity contribution in [1.29, 1.82) is 0 Å². The summed E-state index contributed by atoms with van der Waals surface area (Å²) in [6.07, 6.45) is 5.61. The first-order valence-electron chi connectivity index (χ1n) is 7.03. The van der Waals surface area contributed by atoms with Gasteiger partial charge in [-0.05, 0) is 49.0 Å². The largest absolute Gasteiger partial charge is 0.469 e. The van der Waals surface area contributed by atoms with Crippen LogP contribution in [0, 0.1) is 0 Å². The van der Waals surface area contributed by atoms with E-state index in [1.165, 1.54) is 7.11 Å². The van der Waals surface area contributed by atoms with Crippen molar-refractivity contribution in [3.63, 3.8) is 0 Å². The third-order valence-electron chi connectivity index (χ3n) is 3.79. The lowest BCUT2D eigenvalue weighted by Gasteiger charge is -2.13. The summed E-state index contributed by atoms with van der Waals surface area (Å²) in [5.74, 6) is -0.236. The highest BCUT2D eigenvalue weighted by Crippen LogP contribution is 2.23. The van der Waals surface area contributed by atoms with Gasteiger partial charge >= 0.3 is 5.97 Å². The molecule has 1 aromatic rings. The molecule has 1 aromatic carbocycles. The first kappa shape index (κ1) is 14.5. The molecule has 0 aliphatic heterocycles. The molecule has 2 rings (SSSR count). The smallest absolute Gasteiger partial charge is 0.312 e. The molecule has 0 bridgehead atoms. The Labute approximate surface area is 119 Å². The lowest BCUT2D eigenvalue weighted by Crippen LogP contribution is -2.10. The van der Waals surface area contributed by atoms with Crippen LogP contribution in [-0.4, -0.2) is 18.9 Å². The first-order chi connectivity index (χ1) is 9.61. The van der Waals surface area contributed by atoms with Crippen molar-refractivity contribution in [3.05, 3.63) is 41.0 Å². The highest BCUT2D eigenvalue weighted by atomic mass is 16.5. The zero-order chi connectivity index (χ0) is 14.5. The molecule has 0 N–H and O–H groups in total. The summed E-state index contributed by atoms with van der Waals surface area (Å²) in [7, 11) is 1.40. The Balaban J connectivity index is 2.14. The fraction of sp³-hybridized carbons (Fsp3) is 0.412. The summed E-state index contributed by atoms with van der Waals surface area (Å²) in [6.45, 7) is 1.82. The second kappa shape index (κ2) is 6.51. The Morgan fingerprint density at radius 3 is 2.45 bits per heavy atom. The number of ketones is 1. The van der Waals surface area contributed by atoms with Crippen molar-refractivity contribution in [2.24, 2.45) is 0 Å². The SMILES string of the molecule is COC(=O)C(C)c1ccc(C=C2CCCCC2=O)cc1. The van der Waals surface area contributed by atoms with Crippen LogP contribution in [0.2, 0.25) is 0 Å². The number of allylic oxidation sites excluding steroid dienone is 1. The predicted molar refractivity (Wildman–Crippen MR) is 78.3 cm³/mol. The van der Waals surface area contributed by atoms with Crippen molar-refractivity contribution in [3.8, 4) is 0 Å². The molecule has 3 nitrogen and oxygen atoms in total. The number of esters is 1. The molecule has 3 heteroatoms. The van der Waals surface area contributed by atoms with E-state index in [2.05, 4.69) is 0 Å². The normalized spacial score (nSPS) is 18.9. The van der Waals surface area contributed by atoms with Crippen LogP contribution in [0.5, 0.6) is 0 Å². The molecule has 0 aromatic heterocycles. The maximum Gasteiger partial charge on any atom is 0.312 e. The van der Waals surface area contributed by atoms with Gasteiger partial charge in [-0.3, -0.25) is 9.59 Å². The monoisotopic (exact) mass is 272 g/mol. The van der Waals surface area contributed by atoms with Gasteiger partial charge in [-0.2, -0.15) is 0 Å². The van der Waals surface area contributed by atoms with Crippen molar-refractivity contribution in [2.45, 2.75) is 38.5 Å². The quantitative estimate of drug-likeness (QED) is 0.625. The Morgan fingerprint density at radius 2 is 1.85 bits per heavy atom. The molecule has 0 spiro atoms. The standard InChI is InChI=1S/C17H20O3/c1-12(17(19)20-2)14-9-7-13(8-10-14)11-15-5-3-4-6-16(15)18/h7-12H,3-6H2,1-2H3. The Hall–Kier alpha value is -1.90. The highest BCUT2D eigenvalue weighted by molar-refractivity contribution is 6.00. The zero-order valence-electron chi connectivity index (χ0n) is 12.0. The van der Waals surface area contributed by atoms with E-state index in [9.17, 15) is 9.59 Å². The van der Waals surface area contributed by atoms with E-state index in [0.29, 0.717) is 6.42 Å². The summed E-state index contributed by atoms with van der Waals surface area (Å²) < 4.78 is 4.74. The highest BCUT2D eigenvalue weighted by Gasteiger charge is 2.16. The number of ether oxygens (including phenoxy) is 1. The van der Waals surface area contributed by atoms with Crippen molar-refractivity contribution in [2.75, 3.05) is 7.11 Å². The fourth-order valence-electron chi connectivity index (χ4n) is 2.45. The van der Waals surface area contributed by atoms with Crippen LogP contribution in [0.3, 0.4) is 0 Å². The van der Waals surface area contributed by atoms with Gasteiger partial charge in [-0.25, -0.2) is 0 Å². The van der Waals surface area contributed by atoms with Gasteiger partial charge in [0.25, 0.3) is 0 Å². The molecule has 0 saturated heterocycles.